The Morgan fingerprint density at radius 1 is 1.47 bits per heavy atom. The molecule has 1 fully saturated rings. The van der Waals surface area contributed by atoms with Gasteiger partial charge in [0.15, 0.2) is 0 Å². The number of aliphatic hydroxyl groups is 2. The maximum Gasteiger partial charge on any atom is 0.220 e. The predicted octanol–water partition coefficient (Wildman–Crippen LogP) is -0.585. The Bertz CT molecular complexity index is 198. The Labute approximate surface area is 89.4 Å². The lowest BCUT2D eigenvalue weighted by molar-refractivity contribution is -0.123. The average Bonchev–Trinajstić information content (AvgIpc) is 2.44. The highest BCUT2D eigenvalue weighted by Crippen LogP contribution is 2.13. The summed E-state index contributed by atoms with van der Waals surface area (Å²) in [7, 11) is 0. The van der Waals surface area contributed by atoms with Crippen molar-refractivity contribution in [3.05, 3.63) is 0 Å². The quantitative estimate of drug-likeness (QED) is 0.575. The van der Waals surface area contributed by atoms with E-state index in [4.69, 9.17) is 14.9 Å². The molecule has 0 bridgehead atoms. The van der Waals surface area contributed by atoms with E-state index >= 15 is 0 Å². The molecule has 2 unspecified atom stereocenters. The third kappa shape index (κ3) is 4.15. The fraction of sp³-hybridized carbons (Fsp3) is 0.900. The first-order valence-corrected chi connectivity index (χ1v) is 5.40. The Kier molecular flexibility index (Phi) is 5.60. The summed E-state index contributed by atoms with van der Waals surface area (Å²) in [6.45, 7) is -0.0142. The molecule has 1 aliphatic heterocycles. The van der Waals surface area contributed by atoms with Crippen LogP contribution in [-0.2, 0) is 9.53 Å². The standard InChI is InChI=1S/C10H19NO4/c12-5-6-15-9(7-13)8-3-1-2-4-10(14)11-8/h8-9,12-13H,1-7H2,(H,11,14). The normalized spacial score (nSPS) is 24.4. The molecule has 2 atom stereocenters. The molecule has 0 aromatic rings. The minimum Gasteiger partial charge on any atom is -0.394 e. The van der Waals surface area contributed by atoms with Crippen LogP contribution >= 0.6 is 0 Å². The summed E-state index contributed by atoms with van der Waals surface area (Å²) in [5, 5.41) is 20.6. The zero-order valence-electron chi connectivity index (χ0n) is 8.82. The van der Waals surface area contributed by atoms with Crippen molar-refractivity contribution in [1.82, 2.24) is 5.32 Å². The third-order valence-corrected chi connectivity index (χ3v) is 2.57. The van der Waals surface area contributed by atoms with Crippen LogP contribution in [0.25, 0.3) is 0 Å². The van der Waals surface area contributed by atoms with E-state index in [0.717, 1.165) is 19.3 Å². The molecule has 1 aliphatic rings. The van der Waals surface area contributed by atoms with Gasteiger partial charge in [-0.05, 0) is 12.8 Å². The van der Waals surface area contributed by atoms with Gasteiger partial charge in [0.25, 0.3) is 0 Å². The maximum absolute atomic E-state index is 11.3. The number of carbonyl (C=O) groups is 1. The van der Waals surface area contributed by atoms with Crippen LogP contribution in [0.15, 0.2) is 0 Å². The van der Waals surface area contributed by atoms with Crippen LogP contribution in [0.4, 0.5) is 0 Å². The Morgan fingerprint density at radius 2 is 2.27 bits per heavy atom. The number of aliphatic hydroxyl groups excluding tert-OH is 2. The molecule has 5 heteroatoms. The summed E-state index contributed by atoms with van der Waals surface area (Å²) in [4.78, 5) is 11.3. The number of nitrogens with one attached hydrogen (secondary N) is 1. The van der Waals surface area contributed by atoms with Gasteiger partial charge in [0.05, 0.1) is 25.9 Å². The van der Waals surface area contributed by atoms with Crippen LogP contribution in [0.5, 0.6) is 0 Å². The minimum atomic E-state index is -0.404. The zero-order valence-corrected chi connectivity index (χ0v) is 8.82. The molecule has 1 heterocycles. The monoisotopic (exact) mass is 217 g/mol. The van der Waals surface area contributed by atoms with Crippen molar-refractivity contribution in [2.75, 3.05) is 19.8 Å². The summed E-state index contributed by atoms with van der Waals surface area (Å²) in [5.74, 6) is 0.0172. The van der Waals surface area contributed by atoms with E-state index in [9.17, 15) is 4.79 Å². The molecular formula is C10H19NO4. The Morgan fingerprint density at radius 3 is 2.93 bits per heavy atom. The summed E-state index contributed by atoms with van der Waals surface area (Å²) < 4.78 is 5.27. The second-order valence-electron chi connectivity index (χ2n) is 3.74. The van der Waals surface area contributed by atoms with Crippen molar-refractivity contribution in [2.24, 2.45) is 0 Å². The molecule has 3 N–H and O–H groups in total. The van der Waals surface area contributed by atoms with E-state index in [1.54, 1.807) is 0 Å². The number of hydrogen-bond acceptors (Lipinski definition) is 4. The molecule has 15 heavy (non-hydrogen) atoms. The van der Waals surface area contributed by atoms with E-state index < -0.39 is 6.10 Å². The van der Waals surface area contributed by atoms with Crippen LogP contribution in [0.2, 0.25) is 0 Å². The first kappa shape index (κ1) is 12.4. The van der Waals surface area contributed by atoms with Crippen molar-refractivity contribution >= 4 is 5.91 Å². The van der Waals surface area contributed by atoms with Gasteiger partial charge in [0, 0.05) is 6.42 Å². The largest absolute Gasteiger partial charge is 0.394 e. The highest BCUT2D eigenvalue weighted by Gasteiger charge is 2.24. The van der Waals surface area contributed by atoms with Gasteiger partial charge in [-0.1, -0.05) is 6.42 Å². The fourth-order valence-corrected chi connectivity index (χ4v) is 1.78. The third-order valence-electron chi connectivity index (χ3n) is 2.57. The molecule has 0 aromatic carbocycles. The number of carbonyl (C=O) groups excluding carboxylic acids is 1. The number of ether oxygens (including phenoxy) is 1. The molecular weight excluding hydrogens is 198 g/mol. The molecule has 0 aromatic heterocycles. The van der Waals surface area contributed by atoms with Crippen LogP contribution in [0, 0.1) is 0 Å². The highest BCUT2D eigenvalue weighted by molar-refractivity contribution is 5.76. The molecule has 1 saturated heterocycles. The van der Waals surface area contributed by atoms with Crippen molar-refractivity contribution in [3.63, 3.8) is 0 Å². The molecule has 5 nitrogen and oxygen atoms in total. The highest BCUT2D eigenvalue weighted by atomic mass is 16.5. The van der Waals surface area contributed by atoms with Gasteiger partial charge in [0.2, 0.25) is 5.91 Å². The molecule has 0 spiro atoms. The first-order valence-electron chi connectivity index (χ1n) is 5.40. The second-order valence-corrected chi connectivity index (χ2v) is 3.74. The summed E-state index contributed by atoms with van der Waals surface area (Å²) in [5.41, 5.74) is 0. The number of amides is 1. The lowest BCUT2D eigenvalue weighted by Gasteiger charge is -2.25. The zero-order chi connectivity index (χ0) is 11.1. The number of hydrogen-bond donors (Lipinski definition) is 3. The van der Waals surface area contributed by atoms with E-state index in [2.05, 4.69) is 5.32 Å². The van der Waals surface area contributed by atoms with Crippen LogP contribution in [-0.4, -0.2) is 48.1 Å². The van der Waals surface area contributed by atoms with Crippen molar-refractivity contribution < 1.29 is 19.7 Å². The van der Waals surface area contributed by atoms with Gasteiger partial charge in [-0.15, -0.1) is 0 Å². The van der Waals surface area contributed by atoms with Crippen molar-refractivity contribution in [2.45, 2.75) is 37.8 Å². The smallest absolute Gasteiger partial charge is 0.220 e. The molecule has 1 rings (SSSR count). The summed E-state index contributed by atoms with van der Waals surface area (Å²) in [6, 6.07) is -0.128. The van der Waals surface area contributed by atoms with E-state index in [0.29, 0.717) is 6.42 Å². The topological polar surface area (TPSA) is 78.8 Å². The molecule has 0 saturated carbocycles. The minimum absolute atomic E-state index is 0.0172. The number of rotatable bonds is 5. The van der Waals surface area contributed by atoms with Crippen LogP contribution in [0.1, 0.15) is 25.7 Å². The van der Waals surface area contributed by atoms with Crippen LogP contribution in [0.3, 0.4) is 0 Å². The van der Waals surface area contributed by atoms with Gasteiger partial charge >= 0.3 is 0 Å². The summed E-state index contributed by atoms with van der Waals surface area (Å²) in [6.07, 6.45) is 2.82. The van der Waals surface area contributed by atoms with Gasteiger partial charge in [-0.2, -0.15) is 0 Å². The predicted molar refractivity (Wildman–Crippen MR) is 54.3 cm³/mol. The van der Waals surface area contributed by atoms with E-state index in [1.165, 1.54) is 0 Å². The molecule has 88 valence electrons. The lowest BCUT2D eigenvalue weighted by Crippen LogP contribution is -2.45. The van der Waals surface area contributed by atoms with E-state index in [-0.39, 0.29) is 31.8 Å². The fourth-order valence-electron chi connectivity index (χ4n) is 1.78. The average molecular weight is 217 g/mol. The van der Waals surface area contributed by atoms with Crippen molar-refractivity contribution in [1.29, 1.82) is 0 Å². The van der Waals surface area contributed by atoms with Crippen LogP contribution < -0.4 is 5.32 Å². The van der Waals surface area contributed by atoms with Gasteiger partial charge in [-0.25, -0.2) is 0 Å². The molecule has 0 aliphatic carbocycles. The molecule has 1 amide bonds. The van der Waals surface area contributed by atoms with Gasteiger partial charge < -0.3 is 20.3 Å². The lowest BCUT2D eigenvalue weighted by atomic mass is 10.1. The van der Waals surface area contributed by atoms with Gasteiger partial charge in [0.1, 0.15) is 6.10 Å². The first-order chi connectivity index (χ1) is 7.27. The van der Waals surface area contributed by atoms with Gasteiger partial charge in [-0.3, -0.25) is 4.79 Å². The SMILES string of the molecule is O=C1CCCCC(C(CO)OCCO)N1. The van der Waals surface area contributed by atoms with Crippen molar-refractivity contribution in [3.8, 4) is 0 Å². The maximum atomic E-state index is 11.3. The second kappa shape index (κ2) is 6.76. The Balaban J connectivity index is 2.45. The Hall–Kier alpha value is -0.650. The van der Waals surface area contributed by atoms with E-state index in [1.807, 2.05) is 0 Å². The molecule has 0 radical (unpaired) electrons. The summed E-state index contributed by atoms with van der Waals surface area (Å²) >= 11 is 0.